The molecule has 0 atom stereocenters. The largest absolute Gasteiger partial charge is 0.263 e. The Bertz CT molecular complexity index is 275. The number of rotatable bonds is 2. The van der Waals surface area contributed by atoms with Crippen LogP contribution >= 0.6 is 11.6 Å². The third kappa shape index (κ3) is 2.25. The highest BCUT2D eigenvalue weighted by atomic mass is 35.5. The van der Waals surface area contributed by atoms with Crippen LogP contribution in [0.3, 0.4) is 0 Å². The van der Waals surface area contributed by atoms with Gasteiger partial charge in [-0.05, 0) is 18.1 Å². The number of nitrogens with zero attached hydrogens (tertiary/aromatic N) is 1. The van der Waals surface area contributed by atoms with Crippen LogP contribution in [0, 0.1) is 12.3 Å². The molecule has 0 unspecified atom stereocenters. The second-order valence-corrected chi connectivity index (χ2v) is 2.58. The predicted molar refractivity (Wildman–Crippen MR) is 46.4 cm³/mol. The van der Waals surface area contributed by atoms with Crippen molar-refractivity contribution in [1.82, 2.24) is 4.98 Å². The summed E-state index contributed by atoms with van der Waals surface area (Å²) < 4.78 is 0. The molecule has 0 aliphatic heterocycles. The maximum atomic E-state index is 5.83. The summed E-state index contributed by atoms with van der Waals surface area (Å²) in [5, 5.41) is 0.697. The van der Waals surface area contributed by atoms with Gasteiger partial charge in [0.1, 0.15) is 0 Å². The maximum absolute atomic E-state index is 5.83. The van der Waals surface area contributed by atoms with E-state index in [1.54, 1.807) is 12.4 Å². The second-order valence-electron chi connectivity index (χ2n) is 2.17. The minimum atomic E-state index is 0.697. The first-order chi connectivity index (χ1) is 5.34. The van der Waals surface area contributed by atoms with Gasteiger partial charge in [-0.1, -0.05) is 11.6 Å². The van der Waals surface area contributed by atoms with Gasteiger partial charge in [0.15, 0.2) is 0 Å². The fourth-order valence-corrected chi connectivity index (χ4v) is 1.03. The van der Waals surface area contributed by atoms with Crippen molar-refractivity contribution in [2.45, 2.75) is 12.8 Å². The minimum Gasteiger partial charge on any atom is -0.263 e. The van der Waals surface area contributed by atoms with Gasteiger partial charge in [0.2, 0.25) is 0 Å². The van der Waals surface area contributed by atoms with Crippen molar-refractivity contribution in [3.8, 4) is 12.3 Å². The van der Waals surface area contributed by atoms with Gasteiger partial charge >= 0.3 is 0 Å². The summed E-state index contributed by atoms with van der Waals surface area (Å²) in [5.41, 5.74) is 1.07. The van der Waals surface area contributed by atoms with E-state index < -0.39 is 0 Å². The average molecular weight is 166 g/mol. The quantitative estimate of drug-likeness (QED) is 0.613. The molecule has 0 saturated heterocycles. The van der Waals surface area contributed by atoms with Crippen LogP contribution in [0.2, 0.25) is 5.02 Å². The summed E-state index contributed by atoms with van der Waals surface area (Å²) >= 11 is 5.83. The molecule has 0 aliphatic carbocycles. The van der Waals surface area contributed by atoms with Crippen LogP contribution in [-0.2, 0) is 6.42 Å². The van der Waals surface area contributed by atoms with Crippen molar-refractivity contribution < 1.29 is 0 Å². The highest BCUT2D eigenvalue weighted by molar-refractivity contribution is 6.31. The lowest BCUT2D eigenvalue weighted by Crippen LogP contribution is -1.85. The van der Waals surface area contributed by atoms with Crippen LogP contribution < -0.4 is 0 Å². The van der Waals surface area contributed by atoms with E-state index in [1.807, 2.05) is 6.07 Å². The highest BCUT2D eigenvalue weighted by Crippen LogP contribution is 2.14. The molecule has 1 heterocycles. The van der Waals surface area contributed by atoms with Gasteiger partial charge in [-0.2, -0.15) is 0 Å². The zero-order valence-corrected chi connectivity index (χ0v) is 6.80. The molecule has 0 aromatic carbocycles. The summed E-state index contributed by atoms with van der Waals surface area (Å²) in [4.78, 5) is 3.87. The molecule has 0 saturated carbocycles. The first kappa shape index (κ1) is 8.10. The number of aryl methyl sites for hydroxylation is 1. The molecular weight excluding hydrogens is 158 g/mol. The zero-order valence-electron chi connectivity index (χ0n) is 6.05. The zero-order chi connectivity index (χ0) is 8.10. The molecule has 1 rings (SSSR count). The number of pyridine rings is 1. The van der Waals surface area contributed by atoms with E-state index in [-0.39, 0.29) is 0 Å². The summed E-state index contributed by atoms with van der Waals surface area (Å²) in [6, 6.07) is 1.89. The lowest BCUT2D eigenvalue weighted by Gasteiger charge is -1.98. The number of hydrogen-bond donors (Lipinski definition) is 0. The van der Waals surface area contributed by atoms with Crippen molar-refractivity contribution >= 4 is 11.6 Å². The van der Waals surface area contributed by atoms with Crippen LogP contribution in [0.15, 0.2) is 18.5 Å². The first-order valence-electron chi connectivity index (χ1n) is 3.36. The monoisotopic (exact) mass is 165 g/mol. The maximum Gasteiger partial charge on any atom is 0.0621 e. The Labute approximate surface area is 71.4 Å². The van der Waals surface area contributed by atoms with Crippen LogP contribution in [-0.4, -0.2) is 4.98 Å². The molecule has 2 heteroatoms. The number of aromatic nitrogens is 1. The van der Waals surface area contributed by atoms with Gasteiger partial charge < -0.3 is 0 Å². The van der Waals surface area contributed by atoms with Gasteiger partial charge in [-0.3, -0.25) is 4.98 Å². The van der Waals surface area contributed by atoms with E-state index in [2.05, 4.69) is 10.9 Å². The Morgan fingerprint density at radius 3 is 3.09 bits per heavy atom. The molecule has 0 N–H and O–H groups in total. The van der Waals surface area contributed by atoms with E-state index in [0.717, 1.165) is 18.4 Å². The molecule has 0 bridgehead atoms. The molecule has 0 aliphatic rings. The second kappa shape index (κ2) is 4.00. The predicted octanol–water partition coefficient (Wildman–Crippen LogP) is 2.30. The van der Waals surface area contributed by atoms with Crippen molar-refractivity contribution in [3.05, 3.63) is 29.0 Å². The molecule has 56 valence electrons. The van der Waals surface area contributed by atoms with E-state index in [4.69, 9.17) is 18.0 Å². The summed E-state index contributed by atoms with van der Waals surface area (Å²) in [6.45, 7) is 0. The first-order valence-corrected chi connectivity index (χ1v) is 3.74. The molecule has 0 radical (unpaired) electrons. The minimum absolute atomic E-state index is 0.697. The molecule has 1 aromatic rings. The lowest BCUT2D eigenvalue weighted by molar-refractivity contribution is 1.02. The third-order valence-corrected chi connectivity index (χ3v) is 1.74. The van der Waals surface area contributed by atoms with Crippen molar-refractivity contribution in [2.75, 3.05) is 0 Å². The van der Waals surface area contributed by atoms with Crippen LogP contribution in [0.4, 0.5) is 0 Å². The Hall–Kier alpha value is -1.00. The molecule has 0 amide bonds. The Morgan fingerprint density at radius 2 is 2.45 bits per heavy atom. The topological polar surface area (TPSA) is 12.9 Å². The molecule has 1 nitrogen and oxygen atoms in total. The van der Waals surface area contributed by atoms with Crippen molar-refractivity contribution in [2.24, 2.45) is 0 Å². The fourth-order valence-electron chi connectivity index (χ4n) is 0.814. The van der Waals surface area contributed by atoms with Gasteiger partial charge in [0.05, 0.1) is 5.02 Å². The standard InChI is InChI=1S/C9H8ClN/c1-2-3-4-8-5-6-11-7-9(8)10/h1,5-7H,3-4H2. The highest BCUT2D eigenvalue weighted by Gasteiger charge is 1.96. The van der Waals surface area contributed by atoms with Crippen LogP contribution in [0.1, 0.15) is 12.0 Å². The summed E-state index contributed by atoms with van der Waals surface area (Å²) in [6.07, 6.45) is 10.0. The van der Waals surface area contributed by atoms with Crippen molar-refractivity contribution in [3.63, 3.8) is 0 Å². The lowest BCUT2D eigenvalue weighted by atomic mass is 10.1. The van der Waals surface area contributed by atoms with Gasteiger partial charge in [0.25, 0.3) is 0 Å². The third-order valence-electron chi connectivity index (χ3n) is 1.40. The van der Waals surface area contributed by atoms with E-state index in [0.29, 0.717) is 5.02 Å². The van der Waals surface area contributed by atoms with Gasteiger partial charge in [0, 0.05) is 18.8 Å². The van der Waals surface area contributed by atoms with E-state index in [1.165, 1.54) is 0 Å². The fraction of sp³-hybridized carbons (Fsp3) is 0.222. The molecule has 0 spiro atoms. The molecule has 1 aromatic heterocycles. The van der Waals surface area contributed by atoms with E-state index in [9.17, 15) is 0 Å². The summed E-state index contributed by atoms with van der Waals surface area (Å²) in [5.74, 6) is 2.56. The smallest absolute Gasteiger partial charge is 0.0621 e. The SMILES string of the molecule is C#CCCc1ccncc1Cl. The number of hydrogen-bond acceptors (Lipinski definition) is 1. The molecule has 11 heavy (non-hydrogen) atoms. The van der Waals surface area contributed by atoms with Gasteiger partial charge in [-0.25, -0.2) is 0 Å². The molecule has 0 fully saturated rings. The number of terminal acetylenes is 1. The van der Waals surface area contributed by atoms with E-state index >= 15 is 0 Å². The Morgan fingerprint density at radius 1 is 1.64 bits per heavy atom. The van der Waals surface area contributed by atoms with Crippen LogP contribution in [0.5, 0.6) is 0 Å². The molecular formula is C9H8ClN. The Balaban J connectivity index is 2.71. The van der Waals surface area contributed by atoms with Crippen LogP contribution in [0.25, 0.3) is 0 Å². The normalized spacial score (nSPS) is 9.09. The number of halogens is 1. The van der Waals surface area contributed by atoms with Gasteiger partial charge in [-0.15, -0.1) is 12.3 Å². The Kier molecular flexibility index (Phi) is 2.95. The average Bonchev–Trinajstić information content (AvgIpc) is 2.03. The van der Waals surface area contributed by atoms with Crippen molar-refractivity contribution in [1.29, 1.82) is 0 Å². The summed E-state index contributed by atoms with van der Waals surface area (Å²) in [7, 11) is 0.